The summed E-state index contributed by atoms with van der Waals surface area (Å²) in [6.45, 7) is 1.54. The van der Waals surface area contributed by atoms with Crippen LogP contribution in [-0.4, -0.2) is 78.8 Å². The molecule has 0 aliphatic carbocycles. The molecular weight excluding hydrogens is 530 g/mol. The minimum Gasteiger partial charge on any atom is -0.484 e. The Morgan fingerprint density at radius 1 is 1.00 bits per heavy atom. The van der Waals surface area contributed by atoms with E-state index in [9.17, 15) is 24.3 Å². The molecule has 214 valence electrons. The quantitative estimate of drug-likeness (QED) is 0.339. The monoisotopic (exact) mass is 561 g/mol. The van der Waals surface area contributed by atoms with Crippen LogP contribution in [0.1, 0.15) is 28.4 Å². The number of nitrogens with one attached hydrogen (secondary N) is 2. The number of benzene rings is 2. The lowest BCUT2D eigenvalue weighted by molar-refractivity contribution is -0.137. The Morgan fingerprint density at radius 3 is 2.41 bits per heavy atom. The summed E-state index contributed by atoms with van der Waals surface area (Å²) in [7, 11) is 1.33. The Labute approximate surface area is 236 Å². The molecule has 0 radical (unpaired) electrons. The van der Waals surface area contributed by atoms with Gasteiger partial charge in [0.1, 0.15) is 5.75 Å². The number of methoxy groups -OCH3 is 1. The summed E-state index contributed by atoms with van der Waals surface area (Å²) in [5.74, 6) is -1.49. The minimum atomic E-state index is -1.08. The highest BCUT2D eigenvalue weighted by molar-refractivity contribution is 6.00. The number of pyridine rings is 1. The number of carbonyl (C=O) groups excluding carboxylic acids is 3. The standard InChI is InChI=1S/C29H31N5O7/c1-40-29(39)34-14-12-33(13-15-34)25-10-9-20(16-24(25)31-26(35)19-41-22-7-3-2-4-8-22)28(38)32-23(17-27(36)37)21-6-5-11-30-18-21/h2-11,16,18,23H,12-15,17,19H2,1H3,(H,31,35)(H,32,38)(H,36,37). The molecule has 1 atom stereocenters. The number of ether oxygens (including phenoxy) is 2. The molecule has 2 heterocycles. The fourth-order valence-corrected chi connectivity index (χ4v) is 4.41. The first-order valence-corrected chi connectivity index (χ1v) is 13.0. The number of rotatable bonds is 10. The van der Waals surface area contributed by atoms with Crippen LogP contribution in [-0.2, 0) is 14.3 Å². The van der Waals surface area contributed by atoms with Crippen molar-refractivity contribution in [3.05, 3.63) is 84.2 Å². The van der Waals surface area contributed by atoms with Gasteiger partial charge in [0.15, 0.2) is 6.61 Å². The van der Waals surface area contributed by atoms with Crippen molar-refractivity contribution in [2.75, 3.05) is 50.1 Å². The molecule has 1 unspecified atom stereocenters. The van der Waals surface area contributed by atoms with Crippen molar-refractivity contribution in [1.82, 2.24) is 15.2 Å². The smallest absolute Gasteiger partial charge is 0.409 e. The third-order valence-corrected chi connectivity index (χ3v) is 6.47. The van der Waals surface area contributed by atoms with Crippen molar-refractivity contribution in [1.29, 1.82) is 0 Å². The lowest BCUT2D eigenvalue weighted by Gasteiger charge is -2.36. The first-order valence-electron chi connectivity index (χ1n) is 13.0. The second kappa shape index (κ2) is 13.8. The summed E-state index contributed by atoms with van der Waals surface area (Å²) in [4.78, 5) is 57.1. The van der Waals surface area contributed by atoms with Crippen molar-refractivity contribution in [2.45, 2.75) is 12.5 Å². The number of hydrogen-bond acceptors (Lipinski definition) is 8. The average molecular weight is 562 g/mol. The highest BCUT2D eigenvalue weighted by Crippen LogP contribution is 2.29. The third kappa shape index (κ3) is 7.94. The maximum absolute atomic E-state index is 13.3. The number of para-hydroxylation sites is 1. The molecule has 1 aromatic heterocycles. The van der Waals surface area contributed by atoms with Crippen LogP contribution in [0.2, 0.25) is 0 Å². The third-order valence-electron chi connectivity index (χ3n) is 6.47. The number of amides is 3. The summed E-state index contributed by atoms with van der Waals surface area (Å²) >= 11 is 0. The van der Waals surface area contributed by atoms with Gasteiger partial charge in [0.2, 0.25) is 0 Å². The summed E-state index contributed by atoms with van der Waals surface area (Å²) in [5, 5.41) is 15.0. The molecule has 3 amide bonds. The van der Waals surface area contributed by atoms with Crippen molar-refractivity contribution < 1.29 is 33.8 Å². The summed E-state index contributed by atoms with van der Waals surface area (Å²) in [6, 6.07) is 16.3. The normalized spacial score (nSPS) is 13.6. The molecule has 3 aromatic rings. The topological polar surface area (TPSA) is 150 Å². The zero-order valence-corrected chi connectivity index (χ0v) is 22.5. The van der Waals surface area contributed by atoms with Crippen LogP contribution in [0.25, 0.3) is 0 Å². The Morgan fingerprint density at radius 2 is 1.76 bits per heavy atom. The number of aliphatic carboxylic acids is 1. The maximum atomic E-state index is 13.3. The van der Waals surface area contributed by atoms with Gasteiger partial charge in [-0.3, -0.25) is 19.4 Å². The number of carboxylic acids is 1. The predicted octanol–water partition coefficient (Wildman–Crippen LogP) is 2.93. The molecule has 41 heavy (non-hydrogen) atoms. The van der Waals surface area contributed by atoms with Crippen molar-refractivity contribution in [3.63, 3.8) is 0 Å². The zero-order valence-electron chi connectivity index (χ0n) is 22.5. The number of hydrogen-bond donors (Lipinski definition) is 3. The molecule has 1 saturated heterocycles. The van der Waals surface area contributed by atoms with E-state index >= 15 is 0 Å². The van der Waals surface area contributed by atoms with Crippen molar-refractivity contribution in [2.24, 2.45) is 0 Å². The molecule has 1 aliphatic heterocycles. The van der Waals surface area contributed by atoms with Gasteiger partial charge in [0, 0.05) is 44.1 Å². The summed E-state index contributed by atoms with van der Waals surface area (Å²) in [6.07, 6.45) is 2.32. The molecule has 0 spiro atoms. The number of piperazine rings is 1. The van der Waals surface area contributed by atoms with E-state index in [0.29, 0.717) is 48.9 Å². The SMILES string of the molecule is COC(=O)N1CCN(c2ccc(C(=O)NC(CC(=O)O)c3cccnc3)cc2NC(=O)COc2ccccc2)CC1. The van der Waals surface area contributed by atoms with E-state index in [1.54, 1.807) is 65.7 Å². The lowest BCUT2D eigenvalue weighted by Crippen LogP contribution is -2.49. The van der Waals surface area contributed by atoms with E-state index < -0.39 is 29.9 Å². The number of aromatic nitrogens is 1. The molecule has 3 N–H and O–H groups in total. The fraction of sp³-hybridized carbons (Fsp3) is 0.276. The first-order chi connectivity index (χ1) is 19.8. The van der Waals surface area contributed by atoms with Gasteiger partial charge in [0.05, 0.1) is 30.9 Å². The molecular formula is C29H31N5O7. The largest absolute Gasteiger partial charge is 0.484 e. The van der Waals surface area contributed by atoms with Crippen LogP contribution >= 0.6 is 0 Å². The number of carbonyl (C=O) groups is 4. The highest BCUT2D eigenvalue weighted by Gasteiger charge is 2.25. The van der Waals surface area contributed by atoms with Crippen LogP contribution in [0, 0.1) is 0 Å². The van der Waals surface area contributed by atoms with Crippen LogP contribution < -0.4 is 20.3 Å². The fourth-order valence-electron chi connectivity index (χ4n) is 4.41. The van der Waals surface area contributed by atoms with Crippen LogP contribution in [0.3, 0.4) is 0 Å². The molecule has 1 aliphatic rings. The van der Waals surface area contributed by atoms with E-state index in [0.717, 1.165) is 0 Å². The molecule has 4 rings (SSSR count). The van der Waals surface area contributed by atoms with Crippen LogP contribution in [0.5, 0.6) is 5.75 Å². The van der Waals surface area contributed by atoms with Crippen molar-refractivity contribution in [3.8, 4) is 5.75 Å². The van der Waals surface area contributed by atoms with E-state index in [4.69, 9.17) is 9.47 Å². The Balaban J connectivity index is 1.55. The van der Waals surface area contributed by atoms with Gasteiger partial charge in [0.25, 0.3) is 11.8 Å². The maximum Gasteiger partial charge on any atom is 0.409 e. The Kier molecular flexibility index (Phi) is 9.71. The van der Waals surface area contributed by atoms with E-state index in [-0.39, 0.29) is 18.6 Å². The second-order valence-corrected chi connectivity index (χ2v) is 9.24. The van der Waals surface area contributed by atoms with Crippen LogP contribution in [0.4, 0.5) is 16.2 Å². The number of carboxylic acid groups (broad SMARTS) is 1. The summed E-state index contributed by atoms with van der Waals surface area (Å²) < 4.78 is 10.4. The first kappa shape index (κ1) is 28.9. The van der Waals surface area contributed by atoms with E-state index in [1.807, 2.05) is 11.0 Å². The number of nitrogens with zero attached hydrogens (tertiary/aromatic N) is 3. The number of anilines is 2. The Bertz CT molecular complexity index is 1360. The summed E-state index contributed by atoms with van der Waals surface area (Å²) in [5.41, 5.74) is 1.81. The molecule has 0 saturated carbocycles. The molecule has 1 fully saturated rings. The van der Waals surface area contributed by atoms with Crippen LogP contribution in [0.15, 0.2) is 73.1 Å². The van der Waals surface area contributed by atoms with Gasteiger partial charge in [-0.05, 0) is 42.0 Å². The molecule has 2 aromatic carbocycles. The second-order valence-electron chi connectivity index (χ2n) is 9.24. The van der Waals surface area contributed by atoms with Gasteiger partial charge >= 0.3 is 12.1 Å². The van der Waals surface area contributed by atoms with Gasteiger partial charge in [-0.25, -0.2) is 4.79 Å². The molecule has 12 nitrogen and oxygen atoms in total. The van der Waals surface area contributed by atoms with E-state index in [1.165, 1.54) is 13.3 Å². The zero-order chi connectivity index (χ0) is 29.2. The van der Waals surface area contributed by atoms with Gasteiger partial charge in [-0.2, -0.15) is 0 Å². The van der Waals surface area contributed by atoms with Gasteiger partial charge in [-0.15, -0.1) is 0 Å². The molecule has 12 heteroatoms. The predicted molar refractivity (Wildman–Crippen MR) is 150 cm³/mol. The van der Waals surface area contributed by atoms with Gasteiger partial charge in [-0.1, -0.05) is 24.3 Å². The van der Waals surface area contributed by atoms with E-state index in [2.05, 4.69) is 15.6 Å². The van der Waals surface area contributed by atoms with Crippen molar-refractivity contribution >= 4 is 35.3 Å². The Hall–Kier alpha value is -5.13. The highest BCUT2D eigenvalue weighted by atomic mass is 16.5. The average Bonchev–Trinajstić information content (AvgIpc) is 3.00. The minimum absolute atomic E-state index is 0.223. The lowest BCUT2D eigenvalue weighted by atomic mass is 10.0. The molecule has 0 bridgehead atoms. The van der Waals surface area contributed by atoms with Gasteiger partial charge < -0.3 is 35.0 Å².